The number of unbranched alkanes of at least 4 members (excludes halogenated alkanes) is 2. The van der Waals surface area contributed by atoms with Gasteiger partial charge >= 0.3 is 0 Å². The minimum Gasteiger partial charge on any atom is -0.507 e. The number of phenols is 1. The van der Waals surface area contributed by atoms with E-state index in [4.69, 9.17) is 0 Å². The maximum Gasteiger partial charge on any atom is 0.255 e. The molecule has 2 aromatic rings. The molecule has 0 saturated carbocycles. The molecule has 3 nitrogen and oxygen atoms in total. The van der Waals surface area contributed by atoms with Crippen LogP contribution in [0.15, 0.2) is 36.4 Å². The van der Waals surface area contributed by atoms with Gasteiger partial charge in [-0.3, -0.25) is 4.79 Å². The van der Waals surface area contributed by atoms with Crippen LogP contribution < -0.4 is 5.32 Å². The van der Waals surface area contributed by atoms with E-state index >= 15 is 0 Å². The number of rotatable bonds is 5. The van der Waals surface area contributed by atoms with Gasteiger partial charge in [0.25, 0.3) is 5.91 Å². The van der Waals surface area contributed by atoms with Gasteiger partial charge in [-0.25, -0.2) is 0 Å². The third-order valence-electron chi connectivity index (χ3n) is 3.17. The van der Waals surface area contributed by atoms with E-state index in [9.17, 15) is 9.90 Å². The zero-order chi connectivity index (χ0) is 13.7. The number of fused-ring (bicyclic) bond motifs is 1. The van der Waals surface area contributed by atoms with E-state index in [0.717, 1.165) is 30.0 Å². The van der Waals surface area contributed by atoms with Gasteiger partial charge in [-0.15, -0.1) is 0 Å². The number of carbonyl (C=O) groups is 1. The number of nitrogens with one attached hydrogen (secondary N) is 1. The molecule has 0 spiro atoms. The Hall–Kier alpha value is -2.03. The molecule has 100 valence electrons. The topological polar surface area (TPSA) is 49.3 Å². The second-order valence-corrected chi connectivity index (χ2v) is 4.68. The molecule has 0 fully saturated rings. The standard InChI is InChI=1S/C16H19NO2/c1-2-3-6-9-17-16(19)14-10-12-7-4-5-8-13(12)11-15(14)18/h4-5,7-8,10-11,18H,2-3,6,9H2,1H3,(H,17,19). The summed E-state index contributed by atoms with van der Waals surface area (Å²) in [5.74, 6) is -0.175. The van der Waals surface area contributed by atoms with Crippen LogP contribution in [0.25, 0.3) is 10.8 Å². The molecule has 0 atom stereocenters. The third kappa shape index (κ3) is 3.25. The minimum atomic E-state index is -0.209. The van der Waals surface area contributed by atoms with E-state index in [1.54, 1.807) is 12.1 Å². The summed E-state index contributed by atoms with van der Waals surface area (Å²) in [5.41, 5.74) is 0.343. The van der Waals surface area contributed by atoms with Crippen molar-refractivity contribution in [3.8, 4) is 5.75 Å². The van der Waals surface area contributed by atoms with E-state index in [1.165, 1.54) is 0 Å². The highest BCUT2D eigenvalue weighted by Gasteiger charge is 2.11. The fourth-order valence-electron chi connectivity index (χ4n) is 2.08. The lowest BCUT2D eigenvalue weighted by molar-refractivity contribution is 0.0950. The minimum absolute atomic E-state index is 0.0340. The monoisotopic (exact) mass is 257 g/mol. The highest BCUT2D eigenvalue weighted by atomic mass is 16.3. The molecule has 0 heterocycles. The van der Waals surface area contributed by atoms with Gasteiger partial charge in [-0.2, -0.15) is 0 Å². The number of benzene rings is 2. The first-order chi connectivity index (χ1) is 9.22. The van der Waals surface area contributed by atoms with Crippen LogP contribution in [-0.2, 0) is 0 Å². The summed E-state index contributed by atoms with van der Waals surface area (Å²) in [4.78, 5) is 12.0. The number of aromatic hydroxyl groups is 1. The van der Waals surface area contributed by atoms with Crippen molar-refractivity contribution >= 4 is 16.7 Å². The second-order valence-electron chi connectivity index (χ2n) is 4.68. The van der Waals surface area contributed by atoms with Crippen LogP contribution >= 0.6 is 0 Å². The Kier molecular flexibility index (Phi) is 4.39. The highest BCUT2D eigenvalue weighted by molar-refractivity contribution is 6.01. The van der Waals surface area contributed by atoms with Gasteiger partial charge in [0.05, 0.1) is 5.56 Å². The summed E-state index contributed by atoms with van der Waals surface area (Å²) in [6.07, 6.45) is 3.19. The van der Waals surface area contributed by atoms with E-state index in [0.29, 0.717) is 12.1 Å². The van der Waals surface area contributed by atoms with E-state index in [1.807, 2.05) is 24.3 Å². The van der Waals surface area contributed by atoms with Crippen molar-refractivity contribution in [1.82, 2.24) is 5.32 Å². The van der Waals surface area contributed by atoms with Crippen LogP contribution in [0.1, 0.15) is 36.5 Å². The van der Waals surface area contributed by atoms with E-state index in [2.05, 4.69) is 12.2 Å². The average molecular weight is 257 g/mol. The van der Waals surface area contributed by atoms with Gasteiger partial charge in [0, 0.05) is 6.54 Å². The number of hydrogen-bond donors (Lipinski definition) is 2. The maximum absolute atomic E-state index is 12.0. The van der Waals surface area contributed by atoms with E-state index < -0.39 is 0 Å². The third-order valence-corrected chi connectivity index (χ3v) is 3.17. The molecule has 2 rings (SSSR count). The summed E-state index contributed by atoms with van der Waals surface area (Å²) in [7, 11) is 0. The molecule has 0 radical (unpaired) electrons. The number of carbonyl (C=O) groups excluding carboxylic acids is 1. The fraction of sp³-hybridized carbons (Fsp3) is 0.312. The Bertz CT molecular complexity index is 578. The van der Waals surface area contributed by atoms with Crippen LogP contribution in [0.2, 0.25) is 0 Å². The fourth-order valence-corrected chi connectivity index (χ4v) is 2.08. The maximum atomic E-state index is 12.0. The Morgan fingerprint density at radius 2 is 1.84 bits per heavy atom. The number of amides is 1. The molecular weight excluding hydrogens is 238 g/mol. The van der Waals surface area contributed by atoms with Gasteiger partial charge < -0.3 is 10.4 Å². The lowest BCUT2D eigenvalue weighted by Crippen LogP contribution is -2.24. The van der Waals surface area contributed by atoms with Gasteiger partial charge in [0.2, 0.25) is 0 Å². The second kappa shape index (κ2) is 6.23. The molecule has 2 aromatic carbocycles. The molecule has 0 aliphatic rings. The zero-order valence-electron chi connectivity index (χ0n) is 11.1. The molecule has 2 N–H and O–H groups in total. The van der Waals surface area contributed by atoms with Gasteiger partial charge in [0.1, 0.15) is 5.75 Å². The summed E-state index contributed by atoms with van der Waals surface area (Å²) < 4.78 is 0. The molecule has 3 heteroatoms. The SMILES string of the molecule is CCCCCNC(=O)c1cc2ccccc2cc1O. The van der Waals surface area contributed by atoms with Crippen molar-refractivity contribution in [1.29, 1.82) is 0 Å². The van der Waals surface area contributed by atoms with Crippen molar-refractivity contribution < 1.29 is 9.90 Å². The summed E-state index contributed by atoms with van der Waals surface area (Å²) in [5, 5.41) is 14.7. The molecular formula is C16H19NO2. The van der Waals surface area contributed by atoms with Crippen LogP contribution in [-0.4, -0.2) is 17.6 Å². The average Bonchev–Trinajstić information content (AvgIpc) is 2.42. The molecule has 0 aromatic heterocycles. The molecule has 0 aliphatic heterocycles. The quantitative estimate of drug-likeness (QED) is 0.806. The smallest absolute Gasteiger partial charge is 0.255 e. The van der Waals surface area contributed by atoms with Crippen molar-refractivity contribution in [3.05, 3.63) is 42.0 Å². The predicted octanol–water partition coefficient (Wildman–Crippen LogP) is 3.47. The van der Waals surface area contributed by atoms with Crippen LogP contribution in [0, 0.1) is 0 Å². The van der Waals surface area contributed by atoms with Crippen LogP contribution in [0.5, 0.6) is 5.75 Å². The molecule has 0 saturated heterocycles. The lowest BCUT2D eigenvalue weighted by Gasteiger charge is -2.08. The Morgan fingerprint density at radius 1 is 1.16 bits per heavy atom. The summed E-state index contributed by atoms with van der Waals surface area (Å²) >= 11 is 0. The van der Waals surface area contributed by atoms with Gasteiger partial charge in [-0.1, -0.05) is 44.0 Å². The van der Waals surface area contributed by atoms with Gasteiger partial charge in [0.15, 0.2) is 0 Å². The lowest BCUT2D eigenvalue weighted by atomic mass is 10.1. The molecule has 1 amide bonds. The van der Waals surface area contributed by atoms with Crippen molar-refractivity contribution in [2.24, 2.45) is 0 Å². The summed E-state index contributed by atoms with van der Waals surface area (Å²) in [6.45, 7) is 2.77. The summed E-state index contributed by atoms with van der Waals surface area (Å²) in [6, 6.07) is 11.0. The normalized spacial score (nSPS) is 10.6. The molecule has 0 aliphatic carbocycles. The van der Waals surface area contributed by atoms with Crippen molar-refractivity contribution in [2.75, 3.05) is 6.54 Å². The van der Waals surface area contributed by atoms with E-state index in [-0.39, 0.29) is 11.7 Å². The Labute approximate surface area is 113 Å². The Balaban J connectivity index is 2.15. The first-order valence-electron chi connectivity index (χ1n) is 6.72. The molecule has 0 bridgehead atoms. The largest absolute Gasteiger partial charge is 0.507 e. The van der Waals surface area contributed by atoms with Crippen LogP contribution in [0.3, 0.4) is 0 Å². The predicted molar refractivity (Wildman–Crippen MR) is 77.5 cm³/mol. The Morgan fingerprint density at radius 3 is 2.53 bits per heavy atom. The number of phenolic OH excluding ortho intramolecular Hbond substituents is 1. The van der Waals surface area contributed by atoms with Crippen molar-refractivity contribution in [3.63, 3.8) is 0 Å². The number of hydrogen-bond acceptors (Lipinski definition) is 2. The van der Waals surface area contributed by atoms with Crippen LogP contribution in [0.4, 0.5) is 0 Å². The zero-order valence-corrected chi connectivity index (χ0v) is 11.1. The van der Waals surface area contributed by atoms with Gasteiger partial charge in [-0.05, 0) is 29.3 Å². The first-order valence-corrected chi connectivity index (χ1v) is 6.72. The first kappa shape index (κ1) is 13.4. The highest BCUT2D eigenvalue weighted by Crippen LogP contribution is 2.24. The molecule has 19 heavy (non-hydrogen) atoms. The molecule has 0 unspecified atom stereocenters. The van der Waals surface area contributed by atoms with Crippen molar-refractivity contribution in [2.45, 2.75) is 26.2 Å².